The molecule has 0 saturated heterocycles. The highest BCUT2D eigenvalue weighted by Gasteiger charge is 2.27. The van der Waals surface area contributed by atoms with E-state index in [1.807, 2.05) is 29.8 Å². The number of hydrogen-bond donors (Lipinski definition) is 0. The summed E-state index contributed by atoms with van der Waals surface area (Å²) in [6.07, 6.45) is 1.13. The van der Waals surface area contributed by atoms with Gasteiger partial charge in [0.15, 0.2) is 0 Å². The zero-order chi connectivity index (χ0) is 14.0. The quantitative estimate of drug-likeness (QED) is 0.259. The second-order valence-corrected chi connectivity index (χ2v) is 14.0. The molecule has 0 aliphatic carbocycles. The highest BCUT2D eigenvalue weighted by Crippen LogP contribution is 2.44. The van der Waals surface area contributed by atoms with Crippen LogP contribution in [0.2, 0.25) is 12.6 Å². The van der Waals surface area contributed by atoms with E-state index in [1.165, 1.54) is 0 Å². The molecule has 0 bridgehead atoms. The lowest BCUT2D eigenvalue weighted by molar-refractivity contribution is 0.249. The van der Waals surface area contributed by atoms with Crippen LogP contribution in [0.5, 0.6) is 0 Å². The Hall–Kier alpha value is 1.43. The normalized spacial score (nSPS) is 11.6. The molecule has 0 rings (SSSR count). The zero-order valence-corrected chi connectivity index (χ0v) is 16.5. The minimum Gasteiger partial charge on any atom is -0.398 e. The molecule has 0 atom stereocenters. The first-order chi connectivity index (χ1) is 8.45. The SMILES string of the molecule is CO[Si](C)(CCCSSSSC(=S)N(C)C)OC. The molecule has 0 aromatic carbocycles. The lowest BCUT2D eigenvalue weighted by Gasteiger charge is -2.22. The van der Waals surface area contributed by atoms with Gasteiger partial charge in [0.25, 0.3) is 0 Å². The van der Waals surface area contributed by atoms with Gasteiger partial charge in [-0.2, -0.15) is 0 Å². The average Bonchev–Trinajstić information content (AvgIpc) is 2.36. The maximum absolute atomic E-state index is 5.44. The summed E-state index contributed by atoms with van der Waals surface area (Å²) in [5, 5.41) is 0. The smallest absolute Gasteiger partial charge is 0.334 e. The third-order valence-electron chi connectivity index (χ3n) is 2.27. The summed E-state index contributed by atoms with van der Waals surface area (Å²) >= 11 is 5.18. The van der Waals surface area contributed by atoms with Crippen LogP contribution in [0, 0.1) is 0 Å². The van der Waals surface area contributed by atoms with Crippen molar-refractivity contribution in [3.8, 4) is 0 Å². The van der Waals surface area contributed by atoms with Gasteiger partial charge in [-0.15, -0.1) is 0 Å². The van der Waals surface area contributed by atoms with Crippen molar-refractivity contribution in [2.75, 3.05) is 34.1 Å². The maximum atomic E-state index is 5.44. The van der Waals surface area contributed by atoms with Crippen molar-refractivity contribution in [1.29, 1.82) is 0 Å². The Labute approximate surface area is 132 Å². The molecule has 0 aliphatic heterocycles. The second-order valence-electron chi connectivity index (χ2n) is 3.85. The Bertz CT molecular complexity index is 241. The van der Waals surface area contributed by atoms with Gasteiger partial charge in [-0.25, -0.2) is 0 Å². The molecule has 0 spiro atoms. The summed E-state index contributed by atoms with van der Waals surface area (Å²) in [6.45, 7) is 2.10. The molecular formula is C9H21NO2S5Si. The summed E-state index contributed by atoms with van der Waals surface area (Å²) < 4.78 is 11.8. The van der Waals surface area contributed by atoms with E-state index in [-0.39, 0.29) is 0 Å². The van der Waals surface area contributed by atoms with Crippen LogP contribution in [0.3, 0.4) is 0 Å². The molecule has 3 nitrogen and oxygen atoms in total. The van der Waals surface area contributed by atoms with Gasteiger partial charge < -0.3 is 13.8 Å². The number of rotatable bonds is 9. The monoisotopic (exact) mass is 363 g/mol. The van der Waals surface area contributed by atoms with Crippen molar-refractivity contribution in [3.63, 3.8) is 0 Å². The van der Waals surface area contributed by atoms with Crippen molar-refractivity contribution in [2.24, 2.45) is 0 Å². The van der Waals surface area contributed by atoms with Gasteiger partial charge in [-0.1, -0.05) is 23.0 Å². The summed E-state index contributed by atoms with van der Waals surface area (Å²) in [4.78, 5) is 1.95. The molecule has 0 N–H and O–H groups in total. The van der Waals surface area contributed by atoms with Crippen molar-refractivity contribution in [2.45, 2.75) is 19.0 Å². The van der Waals surface area contributed by atoms with Crippen LogP contribution in [-0.4, -0.2) is 51.8 Å². The number of thiocarbonyl (C=S) groups is 1. The van der Waals surface area contributed by atoms with Crippen molar-refractivity contribution in [3.05, 3.63) is 0 Å². The second kappa shape index (κ2) is 11.1. The number of nitrogens with zero attached hydrogens (tertiary/aromatic N) is 1. The minimum absolute atomic E-state index is 0.909. The minimum atomic E-state index is -1.86. The summed E-state index contributed by atoms with van der Waals surface area (Å²) in [6, 6.07) is 1.04. The molecule has 0 amide bonds. The summed E-state index contributed by atoms with van der Waals surface area (Å²) in [7, 11) is 12.6. The van der Waals surface area contributed by atoms with Gasteiger partial charge >= 0.3 is 8.56 Å². The van der Waals surface area contributed by atoms with Gasteiger partial charge in [-0.05, 0) is 49.5 Å². The van der Waals surface area contributed by atoms with E-state index >= 15 is 0 Å². The maximum Gasteiger partial charge on any atom is 0.334 e. The molecular weight excluding hydrogens is 343 g/mol. The third kappa shape index (κ3) is 9.35. The molecule has 0 radical (unpaired) electrons. The van der Waals surface area contributed by atoms with Gasteiger partial charge in [0.05, 0.1) is 0 Å². The van der Waals surface area contributed by atoms with Gasteiger partial charge in [0.1, 0.15) is 4.32 Å². The summed E-state index contributed by atoms with van der Waals surface area (Å²) in [5.74, 6) is 1.11. The molecule has 9 heteroatoms. The average molecular weight is 364 g/mol. The van der Waals surface area contributed by atoms with Crippen molar-refractivity contribution >= 4 is 66.3 Å². The van der Waals surface area contributed by atoms with Gasteiger partial charge in [0.2, 0.25) is 0 Å². The van der Waals surface area contributed by atoms with E-state index in [4.69, 9.17) is 21.1 Å². The van der Waals surface area contributed by atoms with Crippen LogP contribution in [-0.2, 0) is 8.85 Å². The molecule has 0 fully saturated rings. The topological polar surface area (TPSA) is 21.7 Å². The Morgan fingerprint density at radius 1 is 1.22 bits per heavy atom. The fraction of sp³-hybridized carbons (Fsp3) is 0.889. The van der Waals surface area contributed by atoms with Crippen LogP contribution in [0.1, 0.15) is 6.42 Å². The number of hydrogen-bond acceptors (Lipinski definition) is 7. The lowest BCUT2D eigenvalue weighted by Crippen LogP contribution is -2.35. The molecule has 0 aromatic rings. The first kappa shape index (κ1) is 19.4. The van der Waals surface area contributed by atoms with E-state index in [0.717, 1.165) is 22.5 Å². The molecule has 0 unspecified atom stereocenters. The van der Waals surface area contributed by atoms with Crippen LogP contribution in [0.25, 0.3) is 0 Å². The predicted molar refractivity (Wildman–Crippen MR) is 96.6 cm³/mol. The highest BCUT2D eigenvalue weighted by atomic mass is 33.7. The van der Waals surface area contributed by atoms with E-state index in [9.17, 15) is 0 Å². The van der Waals surface area contributed by atoms with Crippen LogP contribution in [0.4, 0.5) is 0 Å². The fourth-order valence-electron chi connectivity index (χ4n) is 0.911. The Kier molecular flexibility index (Phi) is 12.0. The van der Waals surface area contributed by atoms with Crippen LogP contribution < -0.4 is 0 Å². The molecule has 0 aliphatic rings. The molecule has 0 aromatic heterocycles. The first-order valence-corrected chi connectivity index (χ1v) is 13.3. The molecule has 18 heavy (non-hydrogen) atoms. The molecule has 108 valence electrons. The van der Waals surface area contributed by atoms with Crippen molar-refractivity contribution in [1.82, 2.24) is 4.90 Å². The Balaban J connectivity index is 3.44. The van der Waals surface area contributed by atoms with Crippen LogP contribution >= 0.6 is 53.5 Å². The third-order valence-corrected chi connectivity index (χ3v) is 12.5. The zero-order valence-electron chi connectivity index (χ0n) is 11.4. The van der Waals surface area contributed by atoms with Crippen molar-refractivity contribution < 1.29 is 8.85 Å². The highest BCUT2D eigenvalue weighted by molar-refractivity contribution is 9.27. The summed E-state index contributed by atoms with van der Waals surface area (Å²) in [5.41, 5.74) is 0. The van der Waals surface area contributed by atoms with E-state index in [1.54, 1.807) is 44.7 Å². The van der Waals surface area contributed by atoms with Gasteiger partial charge in [0, 0.05) is 34.1 Å². The first-order valence-electron chi connectivity index (χ1n) is 5.39. The van der Waals surface area contributed by atoms with Gasteiger partial charge in [-0.3, -0.25) is 0 Å². The van der Waals surface area contributed by atoms with E-state index in [2.05, 4.69) is 6.55 Å². The van der Waals surface area contributed by atoms with Crippen LogP contribution in [0.15, 0.2) is 0 Å². The largest absolute Gasteiger partial charge is 0.398 e. The Morgan fingerprint density at radius 3 is 2.33 bits per heavy atom. The molecule has 0 saturated carbocycles. The fourth-order valence-corrected chi connectivity index (χ4v) is 8.85. The van der Waals surface area contributed by atoms with E-state index in [0.29, 0.717) is 0 Å². The Morgan fingerprint density at radius 2 is 1.83 bits per heavy atom. The predicted octanol–water partition coefficient (Wildman–Crippen LogP) is 4.27. The molecule has 0 heterocycles. The van der Waals surface area contributed by atoms with E-state index < -0.39 is 8.56 Å². The lowest BCUT2D eigenvalue weighted by atomic mass is 10.6. The standard InChI is InChI=1S/C9H21NO2S5Si/c1-10(2)9(13)15-17-16-14-7-6-8-18(5,11-3)12-4/h6-8H2,1-5H3.